The average Bonchev–Trinajstić information content (AvgIpc) is 2.44. The highest BCUT2D eigenvalue weighted by Gasteiger charge is 2.61. The maximum Gasteiger partial charge on any atom is 0.313 e. The zero-order valence-corrected chi connectivity index (χ0v) is 14.0. The maximum absolute atomic E-state index is 12.1. The number of hydrogen-bond acceptors (Lipinski definition) is 2. The number of hydrogen-bond donors (Lipinski definition) is 2. The van der Waals surface area contributed by atoms with Crippen molar-refractivity contribution in [2.45, 2.75) is 43.6 Å². The van der Waals surface area contributed by atoms with Crippen LogP contribution in [0.4, 0.5) is 0 Å². The van der Waals surface area contributed by atoms with Gasteiger partial charge in [0.15, 0.2) is 0 Å². The van der Waals surface area contributed by atoms with Crippen LogP contribution in [0.1, 0.15) is 43.6 Å². The van der Waals surface area contributed by atoms with Crippen LogP contribution in [0.15, 0.2) is 28.7 Å². The molecule has 0 aromatic heterocycles. The minimum absolute atomic E-state index is 0.142. The Bertz CT molecular complexity index is 584. The first-order valence-electron chi connectivity index (χ1n) is 8.19. The zero-order chi connectivity index (χ0) is 15.5. The Labute approximate surface area is 138 Å². The van der Waals surface area contributed by atoms with Crippen LogP contribution in [0.25, 0.3) is 0 Å². The number of halogens is 1. The molecule has 1 atom stereocenters. The third kappa shape index (κ3) is 2.07. The van der Waals surface area contributed by atoms with E-state index in [0.717, 1.165) is 35.7 Å². The number of aliphatic carboxylic acids is 1. The molecule has 0 aliphatic heterocycles. The van der Waals surface area contributed by atoms with E-state index >= 15 is 0 Å². The van der Waals surface area contributed by atoms with Gasteiger partial charge in [-0.05, 0) is 73.5 Å². The van der Waals surface area contributed by atoms with Crippen molar-refractivity contribution in [3.05, 3.63) is 34.3 Å². The van der Waals surface area contributed by atoms with Gasteiger partial charge < -0.3 is 10.2 Å². The minimum atomic E-state index is -1.08. The molecule has 4 aliphatic carbocycles. The first kappa shape index (κ1) is 14.7. The molecule has 4 aliphatic rings. The van der Waals surface area contributed by atoms with Crippen LogP contribution >= 0.6 is 15.9 Å². The fourth-order valence-corrected chi connectivity index (χ4v) is 6.12. The number of rotatable bonds is 3. The summed E-state index contributed by atoms with van der Waals surface area (Å²) < 4.78 is 0.865. The fourth-order valence-electron chi connectivity index (χ4n) is 5.70. The van der Waals surface area contributed by atoms with Gasteiger partial charge in [-0.2, -0.15) is 0 Å². The largest absolute Gasteiger partial charge is 0.481 e. The highest BCUT2D eigenvalue weighted by molar-refractivity contribution is 9.10. The predicted molar refractivity (Wildman–Crippen MR) is 86.5 cm³/mol. The van der Waals surface area contributed by atoms with E-state index in [-0.39, 0.29) is 11.8 Å². The molecule has 4 fully saturated rings. The second kappa shape index (κ2) is 5.07. The number of carboxylic acid groups (broad SMARTS) is 1. The lowest BCUT2D eigenvalue weighted by Crippen LogP contribution is -2.61. The molecule has 0 radical (unpaired) electrons. The maximum atomic E-state index is 12.1. The van der Waals surface area contributed by atoms with E-state index in [4.69, 9.17) is 0 Å². The van der Waals surface area contributed by atoms with Gasteiger partial charge >= 0.3 is 5.97 Å². The number of carbonyl (C=O) groups is 1. The monoisotopic (exact) mass is 364 g/mol. The Morgan fingerprint density at radius 1 is 1.14 bits per heavy atom. The first-order valence-corrected chi connectivity index (χ1v) is 8.98. The van der Waals surface area contributed by atoms with E-state index in [1.165, 1.54) is 6.42 Å². The molecule has 118 valence electrons. The standard InChI is InChI=1S/C18H21BrO3/c19-15-3-1-2-12(9-15)16(17(20)21)18(22)13-5-10-4-11(7-13)8-14(18)6-10/h1-3,9-11,13-14,16,22H,4-8H2,(H,20,21). The summed E-state index contributed by atoms with van der Waals surface area (Å²) >= 11 is 3.42. The Hall–Kier alpha value is -0.870. The number of aliphatic hydroxyl groups is 1. The molecule has 4 bridgehead atoms. The molecule has 0 amide bonds. The number of carboxylic acids is 1. The van der Waals surface area contributed by atoms with Crippen molar-refractivity contribution < 1.29 is 15.0 Å². The lowest BCUT2D eigenvalue weighted by molar-refractivity contribution is -0.195. The molecule has 4 heteroatoms. The summed E-state index contributed by atoms with van der Waals surface area (Å²) in [5, 5.41) is 21.5. The second-order valence-corrected chi connectivity index (χ2v) is 8.43. The normalized spacial score (nSPS) is 40.6. The van der Waals surface area contributed by atoms with E-state index in [1.807, 2.05) is 24.3 Å². The van der Waals surface area contributed by atoms with Crippen molar-refractivity contribution >= 4 is 21.9 Å². The van der Waals surface area contributed by atoms with Crippen LogP contribution in [-0.4, -0.2) is 21.8 Å². The van der Waals surface area contributed by atoms with Crippen molar-refractivity contribution in [1.29, 1.82) is 0 Å². The molecule has 0 saturated heterocycles. The van der Waals surface area contributed by atoms with Gasteiger partial charge in [-0.3, -0.25) is 4.79 Å². The summed E-state index contributed by atoms with van der Waals surface area (Å²) in [7, 11) is 0. The second-order valence-electron chi connectivity index (χ2n) is 7.52. The van der Waals surface area contributed by atoms with E-state index < -0.39 is 17.5 Å². The van der Waals surface area contributed by atoms with Gasteiger partial charge in [-0.25, -0.2) is 0 Å². The number of benzene rings is 1. The van der Waals surface area contributed by atoms with Gasteiger partial charge in [0.2, 0.25) is 0 Å². The summed E-state index contributed by atoms with van der Waals surface area (Å²) in [4.78, 5) is 12.1. The Kier molecular flexibility index (Phi) is 3.39. The topological polar surface area (TPSA) is 57.5 Å². The molecule has 1 aromatic carbocycles. The lowest BCUT2D eigenvalue weighted by Gasteiger charge is -2.60. The molecule has 5 rings (SSSR count). The highest BCUT2D eigenvalue weighted by atomic mass is 79.9. The predicted octanol–water partition coefficient (Wildman–Crippen LogP) is 3.80. The molecule has 1 aromatic rings. The summed E-state index contributed by atoms with van der Waals surface area (Å²) in [5.74, 6) is -0.0137. The van der Waals surface area contributed by atoms with Crippen LogP contribution in [0.2, 0.25) is 0 Å². The summed E-state index contributed by atoms with van der Waals surface area (Å²) in [5.41, 5.74) is -0.364. The van der Waals surface area contributed by atoms with Crippen molar-refractivity contribution in [3.8, 4) is 0 Å². The molecule has 2 N–H and O–H groups in total. The molecular formula is C18H21BrO3. The van der Waals surface area contributed by atoms with Crippen LogP contribution in [0.3, 0.4) is 0 Å². The van der Waals surface area contributed by atoms with E-state index in [2.05, 4.69) is 15.9 Å². The van der Waals surface area contributed by atoms with Gasteiger partial charge in [0.25, 0.3) is 0 Å². The molecular weight excluding hydrogens is 344 g/mol. The van der Waals surface area contributed by atoms with E-state index in [9.17, 15) is 15.0 Å². The van der Waals surface area contributed by atoms with Crippen LogP contribution in [0.5, 0.6) is 0 Å². The molecule has 22 heavy (non-hydrogen) atoms. The van der Waals surface area contributed by atoms with Crippen molar-refractivity contribution in [2.75, 3.05) is 0 Å². The Morgan fingerprint density at radius 3 is 2.23 bits per heavy atom. The van der Waals surface area contributed by atoms with Crippen molar-refractivity contribution in [1.82, 2.24) is 0 Å². The van der Waals surface area contributed by atoms with Gasteiger partial charge in [-0.1, -0.05) is 28.1 Å². The zero-order valence-electron chi connectivity index (χ0n) is 12.4. The summed E-state index contributed by atoms with van der Waals surface area (Å²) in [6.07, 6.45) is 5.29. The fraction of sp³-hybridized carbons (Fsp3) is 0.611. The molecule has 0 spiro atoms. The minimum Gasteiger partial charge on any atom is -0.481 e. The van der Waals surface area contributed by atoms with Crippen molar-refractivity contribution in [2.24, 2.45) is 23.7 Å². The van der Waals surface area contributed by atoms with Crippen LogP contribution < -0.4 is 0 Å². The van der Waals surface area contributed by atoms with E-state index in [1.54, 1.807) is 0 Å². The Morgan fingerprint density at radius 2 is 1.73 bits per heavy atom. The highest BCUT2D eigenvalue weighted by Crippen LogP contribution is 2.61. The average molecular weight is 365 g/mol. The third-order valence-electron chi connectivity index (χ3n) is 6.34. The van der Waals surface area contributed by atoms with Gasteiger partial charge in [0, 0.05) is 4.47 Å². The molecule has 1 unspecified atom stereocenters. The van der Waals surface area contributed by atoms with Crippen LogP contribution in [0, 0.1) is 23.7 Å². The third-order valence-corrected chi connectivity index (χ3v) is 6.83. The van der Waals surface area contributed by atoms with Gasteiger partial charge in [0.05, 0.1) is 5.60 Å². The SMILES string of the molecule is O=C(O)C(c1cccc(Br)c1)C1(O)C2CC3CC(C2)CC1C3. The first-order chi connectivity index (χ1) is 10.5. The smallest absolute Gasteiger partial charge is 0.313 e. The van der Waals surface area contributed by atoms with E-state index in [0.29, 0.717) is 11.8 Å². The molecule has 0 heterocycles. The molecule has 3 nitrogen and oxygen atoms in total. The lowest BCUT2D eigenvalue weighted by atomic mass is 9.47. The Balaban J connectivity index is 1.78. The van der Waals surface area contributed by atoms with Crippen LogP contribution in [-0.2, 0) is 4.79 Å². The summed E-state index contributed by atoms with van der Waals surface area (Å²) in [6.45, 7) is 0. The van der Waals surface area contributed by atoms with Crippen molar-refractivity contribution in [3.63, 3.8) is 0 Å². The summed E-state index contributed by atoms with van der Waals surface area (Å²) in [6, 6.07) is 7.44. The quantitative estimate of drug-likeness (QED) is 0.857. The van der Waals surface area contributed by atoms with Gasteiger partial charge in [-0.15, -0.1) is 0 Å². The van der Waals surface area contributed by atoms with Gasteiger partial charge in [0.1, 0.15) is 5.92 Å². The molecule has 4 saturated carbocycles.